The van der Waals surface area contributed by atoms with Crippen LogP contribution in [-0.2, 0) is 12.6 Å². The van der Waals surface area contributed by atoms with E-state index in [1.807, 2.05) is 27.7 Å². The number of alkyl halides is 3. The predicted molar refractivity (Wildman–Crippen MR) is 117 cm³/mol. The van der Waals surface area contributed by atoms with Crippen molar-refractivity contribution in [2.45, 2.75) is 58.7 Å². The largest absolute Gasteiger partial charge is 0.507 e. The lowest BCUT2D eigenvalue weighted by molar-refractivity contribution is -0.137. The molecule has 9 heteroatoms. The number of ether oxygens (including phenoxy) is 2. The molecule has 1 unspecified atom stereocenters. The second-order valence-electron chi connectivity index (χ2n) is 8.40. The van der Waals surface area contributed by atoms with Crippen LogP contribution >= 0.6 is 0 Å². The molecule has 3 rings (SSSR count). The second kappa shape index (κ2) is 8.44. The zero-order valence-electron chi connectivity index (χ0n) is 18.6. The van der Waals surface area contributed by atoms with E-state index < -0.39 is 23.3 Å². The van der Waals surface area contributed by atoms with E-state index in [0.29, 0.717) is 18.6 Å². The third kappa shape index (κ3) is 4.71. The minimum atomic E-state index is -4.63. The van der Waals surface area contributed by atoms with E-state index in [1.54, 1.807) is 0 Å². The number of phenols is 1. The molecule has 174 valence electrons. The number of hydrogen-bond acceptors (Lipinski definition) is 4. The van der Waals surface area contributed by atoms with Gasteiger partial charge in [0.2, 0.25) is 0 Å². The van der Waals surface area contributed by atoms with Crippen molar-refractivity contribution in [1.29, 1.82) is 0 Å². The average Bonchev–Trinajstić information content (AvgIpc) is 2.70. The maximum absolute atomic E-state index is 13.4. The van der Waals surface area contributed by atoms with Crippen LogP contribution in [0.4, 0.5) is 18.9 Å². The number of nitrogens with zero attached hydrogens (tertiary/aromatic N) is 1. The number of nitrogens with two attached hydrogens (primary N) is 2. The van der Waals surface area contributed by atoms with E-state index in [-0.39, 0.29) is 18.0 Å². The lowest BCUT2D eigenvalue weighted by Gasteiger charge is -2.38. The summed E-state index contributed by atoms with van der Waals surface area (Å²) in [6, 6.07) is 3.46. The molecule has 32 heavy (non-hydrogen) atoms. The van der Waals surface area contributed by atoms with Crippen molar-refractivity contribution >= 4 is 11.6 Å². The van der Waals surface area contributed by atoms with Crippen molar-refractivity contribution in [2.75, 3.05) is 6.61 Å². The summed E-state index contributed by atoms with van der Waals surface area (Å²) >= 11 is 0. The minimum Gasteiger partial charge on any atom is -0.507 e. The molecule has 0 aliphatic carbocycles. The minimum absolute atomic E-state index is 0.0690. The molecule has 1 aliphatic rings. The summed E-state index contributed by atoms with van der Waals surface area (Å²) in [5.74, 6) is 0.675. The topological polar surface area (TPSA) is 103 Å². The van der Waals surface area contributed by atoms with E-state index >= 15 is 0 Å². The normalized spacial score (nSPS) is 18.0. The second-order valence-corrected chi connectivity index (χ2v) is 8.40. The number of aromatic hydroxyl groups is 1. The molecule has 0 spiro atoms. The number of halogens is 3. The van der Waals surface area contributed by atoms with Crippen LogP contribution in [0.1, 0.15) is 47.6 Å². The van der Waals surface area contributed by atoms with Crippen LogP contribution in [0.3, 0.4) is 0 Å². The zero-order valence-corrected chi connectivity index (χ0v) is 18.6. The van der Waals surface area contributed by atoms with E-state index in [4.69, 9.17) is 20.9 Å². The van der Waals surface area contributed by atoms with Gasteiger partial charge in [0.15, 0.2) is 5.96 Å². The smallest absolute Gasteiger partial charge is 0.418 e. The first kappa shape index (κ1) is 23.6. The van der Waals surface area contributed by atoms with Crippen LogP contribution in [0.5, 0.6) is 17.2 Å². The molecule has 6 nitrogen and oxygen atoms in total. The van der Waals surface area contributed by atoms with Gasteiger partial charge in [0.1, 0.15) is 22.8 Å². The highest BCUT2D eigenvalue weighted by Gasteiger charge is 2.36. The third-order valence-corrected chi connectivity index (χ3v) is 6.02. The van der Waals surface area contributed by atoms with E-state index in [2.05, 4.69) is 4.99 Å². The Balaban J connectivity index is 1.74. The van der Waals surface area contributed by atoms with Crippen molar-refractivity contribution in [3.8, 4) is 17.2 Å². The third-order valence-electron chi connectivity index (χ3n) is 6.02. The molecular weight excluding hydrogens is 423 g/mol. The van der Waals surface area contributed by atoms with Crippen molar-refractivity contribution < 1.29 is 27.8 Å². The van der Waals surface area contributed by atoms with Crippen LogP contribution in [-0.4, -0.2) is 23.3 Å². The molecule has 0 aromatic heterocycles. The molecule has 0 fully saturated rings. The van der Waals surface area contributed by atoms with Gasteiger partial charge in [-0.25, -0.2) is 4.99 Å². The fourth-order valence-corrected chi connectivity index (χ4v) is 3.92. The van der Waals surface area contributed by atoms with Crippen LogP contribution in [0.2, 0.25) is 0 Å². The molecule has 2 aromatic rings. The molecule has 1 aliphatic heterocycles. The molecule has 0 bridgehead atoms. The van der Waals surface area contributed by atoms with Gasteiger partial charge in [-0.1, -0.05) is 0 Å². The lowest BCUT2D eigenvalue weighted by atomic mass is 9.86. The number of aliphatic imine (C=N–C) groups is 1. The summed E-state index contributed by atoms with van der Waals surface area (Å²) in [4.78, 5) is 3.54. The van der Waals surface area contributed by atoms with Crippen LogP contribution in [0.25, 0.3) is 0 Å². The lowest BCUT2D eigenvalue weighted by Crippen LogP contribution is -2.38. The fraction of sp³-hybridized carbons (Fsp3) is 0.435. The van der Waals surface area contributed by atoms with Crippen LogP contribution < -0.4 is 20.9 Å². The summed E-state index contributed by atoms with van der Waals surface area (Å²) in [6.45, 7) is 7.76. The first-order chi connectivity index (χ1) is 14.8. The fourth-order valence-electron chi connectivity index (χ4n) is 3.92. The first-order valence-electron chi connectivity index (χ1n) is 10.3. The highest BCUT2D eigenvalue weighted by atomic mass is 19.4. The molecule has 0 saturated carbocycles. The number of rotatable bonds is 5. The monoisotopic (exact) mass is 451 g/mol. The number of phenolic OH excluding ortho intramolecular Hbond substituents is 1. The summed E-state index contributed by atoms with van der Waals surface area (Å²) in [7, 11) is 0. The van der Waals surface area contributed by atoms with E-state index in [1.165, 1.54) is 12.1 Å². The molecule has 0 amide bonds. The Morgan fingerprint density at radius 1 is 1.19 bits per heavy atom. The predicted octanol–water partition coefficient (Wildman–Crippen LogP) is 4.79. The van der Waals surface area contributed by atoms with Crippen molar-refractivity contribution in [2.24, 2.45) is 16.5 Å². The number of hydrogen-bond donors (Lipinski definition) is 3. The molecular formula is C23H28F3N3O3. The van der Waals surface area contributed by atoms with Crippen LogP contribution in [0, 0.1) is 20.8 Å². The van der Waals surface area contributed by atoms with Crippen molar-refractivity contribution in [1.82, 2.24) is 0 Å². The highest BCUT2D eigenvalue weighted by molar-refractivity contribution is 5.79. The van der Waals surface area contributed by atoms with Gasteiger partial charge in [-0.05, 0) is 75.4 Å². The van der Waals surface area contributed by atoms with Crippen molar-refractivity contribution in [3.63, 3.8) is 0 Å². The Morgan fingerprint density at radius 3 is 2.50 bits per heavy atom. The van der Waals surface area contributed by atoms with Gasteiger partial charge in [-0.15, -0.1) is 0 Å². The molecule has 1 atom stereocenters. The van der Waals surface area contributed by atoms with Crippen molar-refractivity contribution in [3.05, 3.63) is 46.0 Å². The summed E-state index contributed by atoms with van der Waals surface area (Å²) in [6.07, 6.45) is -2.72. The summed E-state index contributed by atoms with van der Waals surface area (Å²) < 4.78 is 52.1. The Bertz CT molecular complexity index is 1060. The quantitative estimate of drug-likeness (QED) is 0.448. The van der Waals surface area contributed by atoms with Gasteiger partial charge >= 0.3 is 6.18 Å². The van der Waals surface area contributed by atoms with Gasteiger partial charge in [0.05, 0.1) is 17.9 Å². The number of benzene rings is 2. The zero-order chi connectivity index (χ0) is 23.8. The Labute approximate surface area is 185 Å². The van der Waals surface area contributed by atoms with Gasteiger partial charge in [0.25, 0.3) is 0 Å². The molecule has 2 aromatic carbocycles. The molecule has 1 heterocycles. The van der Waals surface area contributed by atoms with E-state index in [9.17, 15) is 18.3 Å². The highest BCUT2D eigenvalue weighted by Crippen LogP contribution is 2.44. The number of fused-ring (bicyclic) bond motifs is 1. The maximum Gasteiger partial charge on any atom is 0.418 e. The molecule has 5 N–H and O–H groups in total. The van der Waals surface area contributed by atoms with E-state index in [0.717, 1.165) is 40.5 Å². The molecule has 0 radical (unpaired) electrons. The average molecular weight is 451 g/mol. The Morgan fingerprint density at radius 2 is 1.88 bits per heavy atom. The maximum atomic E-state index is 13.4. The van der Waals surface area contributed by atoms with Crippen LogP contribution in [0.15, 0.2) is 23.2 Å². The Kier molecular flexibility index (Phi) is 6.22. The summed E-state index contributed by atoms with van der Waals surface area (Å²) in [5.41, 5.74) is 12.1. The van der Waals surface area contributed by atoms with Gasteiger partial charge in [-0.2, -0.15) is 13.2 Å². The Hall–Kier alpha value is -3.10. The van der Waals surface area contributed by atoms with Gasteiger partial charge in [-0.3, -0.25) is 0 Å². The molecule has 0 saturated heterocycles. The van der Waals surface area contributed by atoms with Gasteiger partial charge in [0, 0.05) is 12.0 Å². The summed E-state index contributed by atoms with van der Waals surface area (Å²) in [5, 5.41) is 10.3. The first-order valence-corrected chi connectivity index (χ1v) is 10.3. The SMILES string of the molecule is Cc1c(C)c2c(c(C)c1O)CCC(C)(CCOc1ccc(N=C(N)N)c(C(F)(F)F)c1)O2. The standard InChI is InChI=1S/C23H28F3N3O3/c1-12-13(2)20-16(14(3)19(12)30)7-8-22(4,32-20)9-10-31-15-5-6-18(29-21(27)28)17(11-15)23(24,25)26/h5-6,11,30H,7-10H2,1-4H3,(H4,27,28,29). The van der Waals surface area contributed by atoms with Gasteiger partial charge < -0.3 is 26.0 Å². The number of guanidine groups is 1.